The highest BCUT2D eigenvalue weighted by atomic mass is 35.5. The van der Waals surface area contributed by atoms with Gasteiger partial charge in [-0.2, -0.15) is 17.7 Å². The van der Waals surface area contributed by atoms with Crippen molar-refractivity contribution in [2.75, 3.05) is 17.4 Å². The van der Waals surface area contributed by atoms with E-state index in [1.54, 1.807) is 12.1 Å². The molecule has 0 radical (unpaired) electrons. The zero-order valence-electron chi connectivity index (χ0n) is 7.76. The summed E-state index contributed by atoms with van der Waals surface area (Å²) in [5, 5.41) is 10.3. The number of carbonyl (C=O) groups is 1. The highest BCUT2D eigenvalue weighted by Gasteiger charge is 2.13. The maximum atomic E-state index is 11.2. The van der Waals surface area contributed by atoms with Crippen LogP contribution in [-0.2, 0) is 4.74 Å². The van der Waals surface area contributed by atoms with Crippen molar-refractivity contribution in [2.45, 2.75) is 0 Å². The average Bonchev–Trinajstić information content (AvgIpc) is 2.26. The zero-order valence-corrected chi connectivity index (χ0v) is 9.41. The van der Waals surface area contributed by atoms with Crippen molar-refractivity contribution in [2.24, 2.45) is 0 Å². The number of rotatable bonds is 3. The van der Waals surface area contributed by atoms with E-state index in [0.29, 0.717) is 21.5 Å². The van der Waals surface area contributed by atoms with Crippen molar-refractivity contribution in [1.82, 2.24) is 0 Å². The second-order valence-corrected chi connectivity index (χ2v) is 3.51. The molecule has 1 amide bonds. The summed E-state index contributed by atoms with van der Waals surface area (Å²) < 4.78 is 4.67. The molecule has 0 heterocycles. The van der Waals surface area contributed by atoms with Gasteiger partial charge in [0.2, 0.25) is 0 Å². The third-order valence-corrected chi connectivity index (χ3v) is 2.00. The SMILES string of the molecule is O=C(OCCS)N(O)c1ccc(Cl)cc1. The molecule has 15 heavy (non-hydrogen) atoms. The predicted octanol–water partition coefficient (Wildman–Crippen LogP) is 2.60. The summed E-state index contributed by atoms with van der Waals surface area (Å²) in [6.07, 6.45) is -0.841. The molecule has 4 nitrogen and oxygen atoms in total. The molecule has 6 heteroatoms. The molecule has 0 aliphatic carbocycles. The van der Waals surface area contributed by atoms with Crippen molar-refractivity contribution >= 4 is 36.0 Å². The van der Waals surface area contributed by atoms with Crippen LogP contribution >= 0.6 is 24.2 Å². The number of anilines is 1. The maximum Gasteiger partial charge on any atom is 0.438 e. The van der Waals surface area contributed by atoms with E-state index in [2.05, 4.69) is 17.4 Å². The van der Waals surface area contributed by atoms with Crippen molar-refractivity contribution < 1.29 is 14.7 Å². The molecule has 0 unspecified atom stereocenters. The summed E-state index contributed by atoms with van der Waals surface area (Å²) in [6, 6.07) is 6.13. The van der Waals surface area contributed by atoms with Gasteiger partial charge in [0.15, 0.2) is 0 Å². The summed E-state index contributed by atoms with van der Waals surface area (Å²) in [5.41, 5.74) is 0.295. The van der Waals surface area contributed by atoms with Crippen molar-refractivity contribution in [3.05, 3.63) is 29.3 Å². The Hall–Kier alpha value is -0.910. The average molecular weight is 248 g/mol. The second-order valence-electron chi connectivity index (χ2n) is 2.63. The first-order valence-electron chi connectivity index (χ1n) is 4.17. The van der Waals surface area contributed by atoms with Gasteiger partial charge in [0.25, 0.3) is 0 Å². The van der Waals surface area contributed by atoms with E-state index in [1.165, 1.54) is 12.1 Å². The molecule has 1 N–H and O–H groups in total. The predicted molar refractivity (Wildman–Crippen MR) is 60.9 cm³/mol. The first kappa shape index (κ1) is 12.2. The third-order valence-electron chi connectivity index (χ3n) is 1.56. The molecule has 0 saturated heterocycles. The molecule has 0 fully saturated rings. The fourth-order valence-corrected chi connectivity index (χ4v) is 1.10. The van der Waals surface area contributed by atoms with Crippen LogP contribution in [0.25, 0.3) is 0 Å². The van der Waals surface area contributed by atoms with Gasteiger partial charge in [-0.15, -0.1) is 0 Å². The van der Waals surface area contributed by atoms with E-state index < -0.39 is 6.09 Å². The number of hydrogen-bond acceptors (Lipinski definition) is 4. The van der Waals surface area contributed by atoms with Crippen molar-refractivity contribution in [3.8, 4) is 0 Å². The van der Waals surface area contributed by atoms with Gasteiger partial charge in [-0.3, -0.25) is 5.21 Å². The number of hydroxylamine groups is 1. The van der Waals surface area contributed by atoms with Crippen LogP contribution in [0.5, 0.6) is 0 Å². The van der Waals surface area contributed by atoms with Crippen LogP contribution in [0.15, 0.2) is 24.3 Å². The molecule has 0 spiro atoms. The summed E-state index contributed by atoms with van der Waals surface area (Å²) in [5.74, 6) is 0.403. The number of amides is 1. The van der Waals surface area contributed by atoms with E-state index in [-0.39, 0.29) is 6.61 Å². The molecule has 0 saturated carbocycles. The van der Waals surface area contributed by atoms with Gasteiger partial charge in [-0.1, -0.05) is 11.6 Å². The van der Waals surface area contributed by atoms with E-state index in [4.69, 9.17) is 11.6 Å². The second kappa shape index (κ2) is 5.85. The zero-order chi connectivity index (χ0) is 11.3. The molecule has 0 aliphatic heterocycles. The van der Waals surface area contributed by atoms with Crippen LogP contribution in [-0.4, -0.2) is 23.7 Å². The molecule has 0 atom stereocenters. The Bertz CT molecular complexity index is 331. The lowest BCUT2D eigenvalue weighted by atomic mass is 10.3. The van der Waals surface area contributed by atoms with Crippen LogP contribution in [0.3, 0.4) is 0 Å². The fourth-order valence-electron chi connectivity index (χ4n) is 0.882. The molecule has 1 aromatic carbocycles. The normalized spacial score (nSPS) is 9.80. The van der Waals surface area contributed by atoms with Gasteiger partial charge in [0.05, 0.1) is 5.69 Å². The standard InChI is InChI=1S/C9H10ClNO3S/c10-7-1-3-8(4-2-7)11(13)9(12)14-5-6-15/h1-4,13,15H,5-6H2. The number of hydrogen-bond donors (Lipinski definition) is 2. The third kappa shape index (κ3) is 3.62. The molecule has 1 rings (SSSR count). The van der Waals surface area contributed by atoms with Crippen molar-refractivity contribution in [1.29, 1.82) is 0 Å². The number of benzene rings is 1. The quantitative estimate of drug-likeness (QED) is 0.490. The number of halogens is 1. The minimum Gasteiger partial charge on any atom is -0.447 e. The first-order valence-corrected chi connectivity index (χ1v) is 5.18. The summed E-state index contributed by atoms with van der Waals surface area (Å²) in [4.78, 5) is 11.2. The summed E-state index contributed by atoms with van der Waals surface area (Å²) >= 11 is 9.52. The minimum absolute atomic E-state index is 0.145. The Morgan fingerprint density at radius 2 is 2.07 bits per heavy atom. The molecule has 0 bridgehead atoms. The van der Waals surface area contributed by atoms with Crippen molar-refractivity contribution in [3.63, 3.8) is 0 Å². The molecule has 0 aromatic heterocycles. The Labute approximate surface area is 97.8 Å². The van der Waals surface area contributed by atoms with Gasteiger partial charge in [-0.25, -0.2) is 4.79 Å². The van der Waals surface area contributed by atoms with Gasteiger partial charge in [0.1, 0.15) is 6.61 Å². The Kier molecular flexibility index (Phi) is 4.74. The number of thiol groups is 1. The van der Waals surface area contributed by atoms with Gasteiger partial charge in [-0.05, 0) is 24.3 Å². The van der Waals surface area contributed by atoms with Crippen LogP contribution in [0.2, 0.25) is 5.02 Å². The van der Waals surface area contributed by atoms with Crippen LogP contribution in [0, 0.1) is 0 Å². The number of ether oxygens (including phenoxy) is 1. The number of nitrogens with zero attached hydrogens (tertiary/aromatic N) is 1. The van der Waals surface area contributed by atoms with Gasteiger partial charge in [0, 0.05) is 10.8 Å². The van der Waals surface area contributed by atoms with Crippen LogP contribution in [0.4, 0.5) is 10.5 Å². The largest absolute Gasteiger partial charge is 0.447 e. The molecular formula is C9H10ClNO3S. The lowest BCUT2D eigenvalue weighted by molar-refractivity contribution is 0.126. The lowest BCUT2D eigenvalue weighted by Gasteiger charge is -2.14. The Balaban J connectivity index is 2.63. The van der Waals surface area contributed by atoms with Crippen LogP contribution in [0.1, 0.15) is 0 Å². The van der Waals surface area contributed by atoms with Gasteiger partial charge >= 0.3 is 6.09 Å². The van der Waals surface area contributed by atoms with Gasteiger partial charge < -0.3 is 4.74 Å². The van der Waals surface area contributed by atoms with E-state index in [0.717, 1.165) is 0 Å². The van der Waals surface area contributed by atoms with Crippen LogP contribution < -0.4 is 5.06 Å². The van der Waals surface area contributed by atoms with E-state index in [9.17, 15) is 10.0 Å². The monoisotopic (exact) mass is 247 g/mol. The number of carbonyl (C=O) groups excluding carboxylic acids is 1. The lowest BCUT2D eigenvalue weighted by Crippen LogP contribution is -2.28. The Morgan fingerprint density at radius 1 is 1.47 bits per heavy atom. The molecule has 82 valence electrons. The highest BCUT2D eigenvalue weighted by Crippen LogP contribution is 2.17. The molecular weight excluding hydrogens is 238 g/mol. The summed E-state index contributed by atoms with van der Waals surface area (Å²) in [7, 11) is 0. The fraction of sp³-hybridized carbons (Fsp3) is 0.222. The molecule has 0 aliphatic rings. The van der Waals surface area contributed by atoms with E-state index >= 15 is 0 Å². The topological polar surface area (TPSA) is 49.8 Å². The Morgan fingerprint density at radius 3 is 2.60 bits per heavy atom. The summed E-state index contributed by atoms with van der Waals surface area (Å²) in [6.45, 7) is 0.145. The smallest absolute Gasteiger partial charge is 0.438 e. The van der Waals surface area contributed by atoms with E-state index in [1.807, 2.05) is 0 Å². The first-order chi connectivity index (χ1) is 7.15. The maximum absolute atomic E-state index is 11.2. The minimum atomic E-state index is -0.841. The molecule has 1 aromatic rings. The highest BCUT2D eigenvalue weighted by molar-refractivity contribution is 7.80.